The van der Waals surface area contributed by atoms with Gasteiger partial charge in [-0.05, 0) is 29.3 Å². The van der Waals surface area contributed by atoms with Gasteiger partial charge in [-0.2, -0.15) is 0 Å². The van der Waals surface area contributed by atoms with Crippen LogP contribution in [0.25, 0.3) is 11.1 Å². The van der Waals surface area contributed by atoms with Crippen LogP contribution in [0.5, 0.6) is 5.75 Å². The normalized spacial score (nSPS) is 10.4. The summed E-state index contributed by atoms with van der Waals surface area (Å²) in [7, 11) is 1.63. The Morgan fingerprint density at radius 3 is 2.33 bits per heavy atom. The molecule has 0 saturated carbocycles. The maximum Gasteiger partial charge on any atom is 0.251 e. The molecular formula is C23H24N2O2. The second-order valence-corrected chi connectivity index (χ2v) is 6.16. The van der Waals surface area contributed by atoms with Crippen molar-refractivity contribution < 1.29 is 9.53 Å². The Kier molecular flexibility index (Phi) is 6.61. The van der Waals surface area contributed by atoms with Gasteiger partial charge in [0.2, 0.25) is 0 Å². The van der Waals surface area contributed by atoms with Gasteiger partial charge in [0.05, 0.1) is 0 Å². The molecule has 2 N–H and O–H groups in total. The minimum atomic E-state index is -0.0695. The minimum Gasteiger partial charge on any atom is -0.492 e. The number of para-hydroxylation sites is 1. The first-order chi connectivity index (χ1) is 13.3. The summed E-state index contributed by atoms with van der Waals surface area (Å²) in [6.07, 6.45) is 0. The van der Waals surface area contributed by atoms with Crippen LogP contribution in [0.3, 0.4) is 0 Å². The molecule has 3 aromatic rings. The smallest absolute Gasteiger partial charge is 0.251 e. The Hall–Kier alpha value is -3.11. The van der Waals surface area contributed by atoms with E-state index in [1.165, 1.54) is 0 Å². The summed E-state index contributed by atoms with van der Waals surface area (Å²) in [6.45, 7) is 2.05. The number of nitrogens with one attached hydrogen (secondary N) is 2. The molecule has 0 bridgehead atoms. The van der Waals surface area contributed by atoms with Crippen molar-refractivity contribution in [2.24, 2.45) is 0 Å². The number of amides is 1. The second-order valence-electron chi connectivity index (χ2n) is 6.16. The zero-order valence-corrected chi connectivity index (χ0v) is 15.4. The second kappa shape index (κ2) is 9.55. The zero-order valence-electron chi connectivity index (χ0n) is 15.4. The van der Waals surface area contributed by atoms with Crippen molar-refractivity contribution in [1.82, 2.24) is 10.6 Å². The Balaban J connectivity index is 1.48. The summed E-state index contributed by atoms with van der Waals surface area (Å²) in [6, 6.07) is 25.9. The van der Waals surface area contributed by atoms with Crippen LogP contribution >= 0.6 is 0 Å². The quantitative estimate of drug-likeness (QED) is 0.600. The van der Waals surface area contributed by atoms with Gasteiger partial charge in [0.15, 0.2) is 0 Å². The Bertz CT molecular complexity index is 861. The van der Waals surface area contributed by atoms with E-state index in [0.717, 1.165) is 35.5 Å². The van der Waals surface area contributed by atoms with Crippen molar-refractivity contribution in [2.45, 2.75) is 6.54 Å². The molecule has 0 fully saturated rings. The topological polar surface area (TPSA) is 50.4 Å². The van der Waals surface area contributed by atoms with Gasteiger partial charge in [-0.1, -0.05) is 60.7 Å². The number of rotatable bonds is 8. The maximum atomic E-state index is 11.5. The molecule has 27 heavy (non-hydrogen) atoms. The molecule has 0 aliphatic rings. The van der Waals surface area contributed by atoms with E-state index in [1.54, 1.807) is 7.05 Å². The maximum absolute atomic E-state index is 11.5. The molecule has 0 spiro atoms. The van der Waals surface area contributed by atoms with E-state index < -0.39 is 0 Å². The predicted octanol–water partition coefficient (Wildman–Crippen LogP) is 3.88. The Labute approximate surface area is 160 Å². The van der Waals surface area contributed by atoms with Crippen LogP contribution in [0, 0.1) is 0 Å². The van der Waals surface area contributed by atoms with Crippen LogP contribution in [0.1, 0.15) is 15.9 Å². The molecule has 0 aliphatic heterocycles. The Morgan fingerprint density at radius 1 is 0.889 bits per heavy atom. The van der Waals surface area contributed by atoms with Crippen LogP contribution in [0.15, 0.2) is 78.9 Å². The van der Waals surface area contributed by atoms with Gasteiger partial charge in [-0.25, -0.2) is 0 Å². The lowest BCUT2D eigenvalue weighted by molar-refractivity contribution is 0.0963. The van der Waals surface area contributed by atoms with E-state index >= 15 is 0 Å². The van der Waals surface area contributed by atoms with E-state index in [0.29, 0.717) is 12.2 Å². The van der Waals surface area contributed by atoms with E-state index in [4.69, 9.17) is 4.74 Å². The molecule has 3 rings (SSSR count). The Morgan fingerprint density at radius 2 is 1.59 bits per heavy atom. The van der Waals surface area contributed by atoms with E-state index in [2.05, 4.69) is 28.8 Å². The van der Waals surface area contributed by atoms with Gasteiger partial charge in [-0.3, -0.25) is 4.79 Å². The van der Waals surface area contributed by atoms with Crippen molar-refractivity contribution in [3.8, 4) is 16.9 Å². The minimum absolute atomic E-state index is 0.0695. The molecular weight excluding hydrogens is 336 g/mol. The number of hydrogen-bond acceptors (Lipinski definition) is 3. The highest BCUT2D eigenvalue weighted by atomic mass is 16.5. The van der Waals surface area contributed by atoms with Gasteiger partial charge >= 0.3 is 0 Å². The van der Waals surface area contributed by atoms with Crippen molar-refractivity contribution in [2.75, 3.05) is 20.2 Å². The average Bonchev–Trinajstić information content (AvgIpc) is 2.74. The van der Waals surface area contributed by atoms with E-state index in [-0.39, 0.29) is 5.91 Å². The fraction of sp³-hybridized carbons (Fsp3) is 0.174. The SMILES string of the molecule is CNC(=O)c1ccc(CNCCOc2ccccc2-c2ccccc2)cc1. The highest BCUT2D eigenvalue weighted by molar-refractivity contribution is 5.93. The molecule has 3 aromatic carbocycles. The van der Waals surface area contributed by atoms with Crippen LogP contribution in [0.4, 0.5) is 0 Å². The molecule has 0 aromatic heterocycles. The van der Waals surface area contributed by atoms with E-state index in [1.807, 2.05) is 60.7 Å². The summed E-state index contributed by atoms with van der Waals surface area (Å²) in [5, 5.41) is 5.99. The predicted molar refractivity (Wildman–Crippen MR) is 109 cm³/mol. The number of carbonyl (C=O) groups is 1. The molecule has 0 aliphatic carbocycles. The highest BCUT2D eigenvalue weighted by Crippen LogP contribution is 2.29. The molecule has 1 amide bonds. The van der Waals surface area contributed by atoms with Gasteiger partial charge in [0.1, 0.15) is 12.4 Å². The lowest BCUT2D eigenvalue weighted by Crippen LogP contribution is -2.21. The summed E-state index contributed by atoms with van der Waals surface area (Å²) in [5.41, 5.74) is 4.05. The molecule has 0 heterocycles. The highest BCUT2D eigenvalue weighted by Gasteiger charge is 2.05. The molecule has 4 heteroatoms. The van der Waals surface area contributed by atoms with Crippen molar-refractivity contribution >= 4 is 5.91 Å². The number of benzene rings is 3. The molecule has 0 radical (unpaired) electrons. The standard InChI is InChI=1S/C23H24N2O2/c1-24-23(26)20-13-11-18(12-14-20)17-25-15-16-27-22-10-6-5-9-21(22)19-7-3-2-4-8-19/h2-14,25H,15-17H2,1H3,(H,24,26). The van der Waals surface area contributed by atoms with E-state index in [9.17, 15) is 4.79 Å². The summed E-state index contributed by atoms with van der Waals surface area (Å²) in [4.78, 5) is 11.5. The van der Waals surface area contributed by atoms with Gasteiger partial charge in [0, 0.05) is 31.3 Å². The molecule has 4 nitrogen and oxygen atoms in total. The summed E-state index contributed by atoms with van der Waals surface area (Å²) in [5.74, 6) is 0.820. The third-order valence-electron chi connectivity index (χ3n) is 4.28. The van der Waals surface area contributed by atoms with Gasteiger partial charge in [-0.15, -0.1) is 0 Å². The molecule has 138 valence electrons. The van der Waals surface area contributed by atoms with Crippen molar-refractivity contribution in [1.29, 1.82) is 0 Å². The molecule has 0 saturated heterocycles. The van der Waals surface area contributed by atoms with Crippen LogP contribution in [-0.4, -0.2) is 26.1 Å². The first-order valence-corrected chi connectivity index (χ1v) is 9.07. The summed E-state index contributed by atoms with van der Waals surface area (Å²) >= 11 is 0. The fourth-order valence-corrected chi connectivity index (χ4v) is 2.83. The zero-order chi connectivity index (χ0) is 18.9. The largest absolute Gasteiger partial charge is 0.492 e. The molecule has 0 atom stereocenters. The average molecular weight is 360 g/mol. The third-order valence-corrected chi connectivity index (χ3v) is 4.28. The van der Waals surface area contributed by atoms with Crippen LogP contribution < -0.4 is 15.4 Å². The fourth-order valence-electron chi connectivity index (χ4n) is 2.83. The summed E-state index contributed by atoms with van der Waals surface area (Å²) < 4.78 is 5.98. The number of ether oxygens (including phenoxy) is 1. The van der Waals surface area contributed by atoms with Crippen molar-refractivity contribution in [3.63, 3.8) is 0 Å². The van der Waals surface area contributed by atoms with Crippen molar-refractivity contribution in [3.05, 3.63) is 90.0 Å². The third kappa shape index (κ3) is 5.19. The van der Waals surface area contributed by atoms with Crippen LogP contribution in [-0.2, 0) is 6.54 Å². The van der Waals surface area contributed by atoms with Crippen LogP contribution in [0.2, 0.25) is 0 Å². The lowest BCUT2D eigenvalue weighted by atomic mass is 10.1. The monoisotopic (exact) mass is 360 g/mol. The first-order valence-electron chi connectivity index (χ1n) is 9.07. The van der Waals surface area contributed by atoms with Gasteiger partial charge in [0.25, 0.3) is 5.91 Å². The lowest BCUT2D eigenvalue weighted by Gasteiger charge is -2.12. The number of hydrogen-bond donors (Lipinski definition) is 2. The first kappa shape index (κ1) is 18.7. The molecule has 0 unspecified atom stereocenters. The van der Waals surface area contributed by atoms with Gasteiger partial charge < -0.3 is 15.4 Å². The number of carbonyl (C=O) groups excluding carboxylic acids is 1.